The Labute approximate surface area is 118 Å². The summed E-state index contributed by atoms with van der Waals surface area (Å²) in [7, 11) is 0. The predicted molar refractivity (Wildman–Crippen MR) is 80.3 cm³/mol. The molecule has 1 aliphatic rings. The highest BCUT2D eigenvalue weighted by Gasteiger charge is 2.17. The van der Waals surface area contributed by atoms with Gasteiger partial charge in [0, 0.05) is 12.0 Å². The monoisotopic (exact) mass is 285 g/mol. The third kappa shape index (κ3) is 4.86. The second-order valence-corrected chi connectivity index (χ2v) is 8.32. The molecule has 102 valence electrons. The van der Waals surface area contributed by atoms with Crippen LogP contribution in [0.5, 0.6) is 0 Å². The minimum absolute atomic E-state index is 0.145. The average molecular weight is 285 g/mol. The number of nitrogens with zero attached hydrogens (tertiary/aromatic N) is 2. The van der Waals surface area contributed by atoms with E-state index in [-0.39, 0.29) is 5.54 Å². The summed E-state index contributed by atoms with van der Waals surface area (Å²) in [6.45, 7) is 7.36. The molecular weight excluding hydrogens is 262 g/mol. The molecule has 2 heterocycles. The number of hydrogen-bond acceptors (Lipinski definition) is 5. The van der Waals surface area contributed by atoms with Crippen LogP contribution in [0.3, 0.4) is 0 Å². The minimum atomic E-state index is 0.145. The molecule has 1 N–H and O–H groups in total. The van der Waals surface area contributed by atoms with Gasteiger partial charge in [0.15, 0.2) is 0 Å². The molecule has 0 spiro atoms. The van der Waals surface area contributed by atoms with Gasteiger partial charge in [0.25, 0.3) is 0 Å². The zero-order chi connectivity index (χ0) is 13.0. The molecule has 0 aromatic carbocycles. The van der Waals surface area contributed by atoms with Crippen LogP contribution in [0.2, 0.25) is 0 Å². The molecule has 5 heteroatoms. The molecule has 1 aromatic heterocycles. The van der Waals surface area contributed by atoms with Crippen LogP contribution in [-0.4, -0.2) is 27.2 Å². The zero-order valence-electron chi connectivity index (χ0n) is 11.5. The molecule has 0 radical (unpaired) electrons. The Morgan fingerprint density at radius 1 is 1.17 bits per heavy atom. The van der Waals surface area contributed by atoms with E-state index in [4.69, 9.17) is 0 Å². The van der Waals surface area contributed by atoms with E-state index >= 15 is 0 Å². The summed E-state index contributed by atoms with van der Waals surface area (Å²) in [6, 6.07) is 0. The lowest BCUT2D eigenvalue weighted by molar-refractivity contribution is 0.423. The molecule has 0 saturated carbocycles. The number of hydrogen-bond donors (Lipinski definition) is 1. The fourth-order valence-electron chi connectivity index (χ4n) is 1.98. The summed E-state index contributed by atoms with van der Waals surface area (Å²) in [5, 5.41) is 14.4. The van der Waals surface area contributed by atoms with Gasteiger partial charge >= 0.3 is 0 Å². The van der Waals surface area contributed by atoms with Gasteiger partial charge in [-0.3, -0.25) is 0 Å². The first-order chi connectivity index (χ1) is 8.53. The lowest BCUT2D eigenvalue weighted by Crippen LogP contribution is -2.35. The fourth-order valence-corrected chi connectivity index (χ4v) is 4.08. The molecule has 0 atom stereocenters. The van der Waals surface area contributed by atoms with Crippen LogP contribution in [0.15, 0.2) is 0 Å². The van der Waals surface area contributed by atoms with Gasteiger partial charge in [0.2, 0.25) is 0 Å². The van der Waals surface area contributed by atoms with Crippen LogP contribution in [0.1, 0.15) is 43.6 Å². The van der Waals surface area contributed by atoms with Crippen molar-refractivity contribution in [1.29, 1.82) is 0 Å². The van der Waals surface area contributed by atoms with Gasteiger partial charge in [0.05, 0.1) is 6.54 Å². The van der Waals surface area contributed by atoms with Gasteiger partial charge < -0.3 is 5.32 Å². The lowest BCUT2D eigenvalue weighted by atomic mass is 9.99. The van der Waals surface area contributed by atoms with E-state index in [1.54, 1.807) is 11.3 Å². The largest absolute Gasteiger partial charge is 0.306 e. The first-order valence-electron chi connectivity index (χ1n) is 6.67. The molecule has 0 amide bonds. The first-order valence-corrected chi connectivity index (χ1v) is 8.64. The van der Waals surface area contributed by atoms with Crippen molar-refractivity contribution in [2.45, 2.75) is 52.1 Å². The Bertz CT molecular complexity index is 365. The Kier molecular flexibility index (Phi) is 5.04. The van der Waals surface area contributed by atoms with Crippen LogP contribution in [0.4, 0.5) is 0 Å². The van der Waals surface area contributed by atoms with E-state index in [9.17, 15) is 0 Å². The van der Waals surface area contributed by atoms with E-state index < -0.39 is 0 Å². The van der Waals surface area contributed by atoms with E-state index in [1.165, 1.54) is 29.4 Å². The van der Waals surface area contributed by atoms with Crippen molar-refractivity contribution in [3.05, 3.63) is 10.0 Å². The summed E-state index contributed by atoms with van der Waals surface area (Å²) >= 11 is 3.86. The van der Waals surface area contributed by atoms with Crippen molar-refractivity contribution < 1.29 is 0 Å². The van der Waals surface area contributed by atoms with E-state index in [0.717, 1.165) is 23.9 Å². The van der Waals surface area contributed by atoms with E-state index in [1.807, 2.05) is 0 Å². The predicted octanol–water partition coefficient (Wildman–Crippen LogP) is 3.11. The lowest BCUT2D eigenvalue weighted by Gasteiger charge is -2.19. The van der Waals surface area contributed by atoms with Gasteiger partial charge in [-0.15, -0.1) is 21.5 Å². The first kappa shape index (κ1) is 14.3. The molecule has 1 fully saturated rings. The van der Waals surface area contributed by atoms with E-state index in [0.29, 0.717) is 0 Å². The molecule has 1 saturated heterocycles. The maximum atomic E-state index is 4.33. The highest BCUT2D eigenvalue weighted by atomic mass is 32.2. The normalized spacial score (nSPS) is 18.2. The van der Waals surface area contributed by atoms with Crippen LogP contribution < -0.4 is 5.32 Å². The highest BCUT2D eigenvalue weighted by molar-refractivity contribution is 7.99. The van der Waals surface area contributed by atoms with Crippen molar-refractivity contribution in [3.8, 4) is 0 Å². The summed E-state index contributed by atoms with van der Waals surface area (Å²) in [5.74, 6) is 3.48. The third-order valence-corrected chi connectivity index (χ3v) is 5.08. The Balaban J connectivity index is 1.82. The maximum Gasteiger partial charge on any atom is 0.131 e. The Morgan fingerprint density at radius 2 is 1.83 bits per heavy atom. The number of aromatic nitrogens is 2. The molecule has 2 rings (SSSR count). The van der Waals surface area contributed by atoms with Gasteiger partial charge in [0.1, 0.15) is 10.0 Å². The smallest absolute Gasteiger partial charge is 0.131 e. The summed E-state index contributed by atoms with van der Waals surface area (Å²) < 4.78 is 0. The summed E-state index contributed by atoms with van der Waals surface area (Å²) in [6.07, 6.45) is 3.83. The van der Waals surface area contributed by atoms with Crippen LogP contribution in [0.25, 0.3) is 0 Å². The van der Waals surface area contributed by atoms with Gasteiger partial charge in [-0.1, -0.05) is 0 Å². The third-order valence-electron chi connectivity index (χ3n) is 3.08. The molecule has 18 heavy (non-hydrogen) atoms. The second-order valence-electron chi connectivity index (χ2n) is 5.95. The Morgan fingerprint density at radius 3 is 2.50 bits per heavy atom. The Hall–Kier alpha value is -0.130. The highest BCUT2D eigenvalue weighted by Crippen LogP contribution is 2.26. The van der Waals surface area contributed by atoms with Crippen molar-refractivity contribution in [1.82, 2.24) is 15.5 Å². The molecular formula is C13H23N3S2. The molecule has 0 unspecified atom stereocenters. The minimum Gasteiger partial charge on any atom is -0.306 e. The molecule has 1 aliphatic heterocycles. The van der Waals surface area contributed by atoms with Crippen LogP contribution in [0, 0.1) is 5.92 Å². The van der Waals surface area contributed by atoms with Crippen molar-refractivity contribution in [2.24, 2.45) is 5.92 Å². The van der Waals surface area contributed by atoms with Crippen LogP contribution in [-0.2, 0) is 13.0 Å². The standard InChI is InChI=1S/C13H23N3S2/c1-13(2,3)14-9-12-16-15-11(18-12)8-10-4-6-17-7-5-10/h10,14H,4-9H2,1-3H3. The summed E-state index contributed by atoms with van der Waals surface area (Å²) in [4.78, 5) is 0. The average Bonchev–Trinajstić information content (AvgIpc) is 2.75. The van der Waals surface area contributed by atoms with Gasteiger partial charge in [-0.25, -0.2) is 0 Å². The number of nitrogens with one attached hydrogen (secondary N) is 1. The zero-order valence-corrected chi connectivity index (χ0v) is 13.2. The molecule has 3 nitrogen and oxygen atoms in total. The van der Waals surface area contributed by atoms with Gasteiger partial charge in [-0.05, 0) is 51.0 Å². The topological polar surface area (TPSA) is 37.8 Å². The molecule has 0 bridgehead atoms. The van der Waals surface area contributed by atoms with Crippen molar-refractivity contribution >= 4 is 23.1 Å². The van der Waals surface area contributed by atoms with Gasteiger partial charge in [-0.2, -0.15) is 11.8 Å². The SMILES string of the molecule is CC(C)(C)NCc1nnc(CC2CCSCC2)s1. The van der Waals surface area contributed by atoms with Crippen molar-refractivity contribution in [3.63, 3.8) is 0 Å². The quantitative estimate of drug-likeness (QED) is 0.922. The second kappa shape index (κ2) is 6.35. The maximum absolute atomic E-state index is 4.33. The summed E-state index contributed by atoms with van der Waals surface area (Å²) in [5.41, 5.74) is 0.145. The number of thioether (sulfide) groups is 1. The number of rotatable bonds is 4. The molecule has 1 aromatic rings. The molecule has 0 aliphatic carbocycles. The van der Waals surface area contributed by atoms with Crippen LogP contribution >= 0.6 is 23.1 Å². The van der Waals surface area contributed by atoms with E-state index in [2.05, 4.69) is 48.0 Å². The van der Waals surface area contributed by atoms with Crippen molar-refractivity contribution in [2.75, 3.05) is 11.5 Å². The fraction of sp³-hybridized carbons (Fsp3) is 0.846.